The summed E-state index contributed by atoms with van der Waals surface area (Å²) in [5.41, 5.74) is 2.16. The Bertz CT molecular complexity index is 412. The zero-order chi connectivity index (χ0) is 13.0. The summed E-state index contributed by atoms with van der Waals surface area (Å²) >= 11 is 1.88. The first kappa shape index (κ1) is 13.2. The van der Waals surface area contributed by atoms with Gasteiger partial charge in [0.2, 0.25) is 0 Å². The fourth-order valence-electron chi connectivity index (χ4n) is 2.08. The second kappa shape index (κ2) is 6.09. The van der Waals surface area contributed by atoms with Gasteiger partial charge in [0.1, 0.15) is 0 Å². The van der Waals surface area contributed by atoms with Crippen LogP contribution in [0.2, 0.25) is 0 Å². The van der Waals surface area contributed by atoms with Crippen molar-refractivity contribution < 1.29 is 9.47 Å². The second-order valence-electron chi connectivity index (χ2n) is 4.26. The van der Waals surface area contributed by atoms with E-state index < -0.39 is 0 Å². The summed E-state index contributed by atoms with van der Waals surface area (Å²) in [7, 11) is 3.31. The summed E-state index contributed by atoms with van der Waals surface area (Å²) in [6.07, 6.45) is 3.29. The third-order valence-corrected chi connectivity index (χ3v) is 3.74. The Hall–Kier alpha value is -1.23. The van der Waals surface area contributed by atoms with Crippen molar-refractivity contribution in [1.29, 1.82) is 0 Å². The number of methoxy groups -OCH3 is 2. The zero-order valence-electron chi connectivity index (χ0n) is 11.1. The molecule has 0 radical (unpaired) electrons. The Balaban J connectivity index is 2.16. The quantitative estimate of drug-likeness (QED) is 0.859. The molecule has 1 unspecified atom stereocenters. The maximum Gasteiger partial charge on any atom is 0.162 e. The molecule has 0 fully saturated rings. The molecule has 1 atom stereocenters. The van der Waals surface area contributed by atoms with Crippen LogP contribution in [0.4, 0.5) is 11.4 Å². The van der Waals surface area contributed by atoms with Crippen molar-refractivity contribution in [1.82, 2.24) is 0 Å². The maximum atomic E-state index is 5.32. The van der Waals surface area contributed by atoms with Gasteiger partial charge >= 0.3 is 0 Å². The average Bonchev–Trinajstić information content (AvgIpc) is 2.43. The van der Waals surface area contributed by atoms with Crippen molar-refractivity contribution >= 4 is 23.1 Å². The molecule has 1 aliphatic heterocycles. The Labute approximate surface area is 112 Å². The van der Waals surface area contributed by atoms with Crippen LogP contribution >= 0.6 is 11.8 Å². The van der Waals surface area contributed by atoms with E-state index in [2.05, 4.69) is 16.9 Å². The van der Waals surface area contributed by atoms with Crippen LogP contribution in [0.3, 0.4) is 0 Å². The van der Waals surface area contributed by atoms with Crippen LogP contribution in [0.25, 0.3) is 0 Å². The maximum absolute atomic E-state index is 5.32. The number of hydrogen-bond acceptors (Lipinski definition) is 5. The number of nitrogens with one attached hydrogen (secondary N) is 2. The highest BCUT2D eigenvalue weighted by Gasteiger charge is 2.19. The fourth-order valence-corrected chi connectivity index (χ4v) is 2.60. The lowest BCUT2D eigenvalue weighted by atomic mass is 10.1. The molecule has 0 bridgehead atoms. The van der Waals surface area contributed by atoms with Crippen LogP contribution in [0.15, 0.2) is 12.1 Å². The third-order valence-electron chi connectivity index (χ3n) is 3.09. The van der Waals surface area contributed by atoms with Gasteiger partial charge < -0.3 is 20.1 Å². The Morgan fingerprint density at radius 3 is 2.50 bits per heavy atom. The highest BCUT2D eigenvalue weighted by atomic mass is 32.2. The van der Waals surface area contributed by atoms with Gasteiger partial charge in [-0.05, 0) is 18.4 Å². The van der Waals surface area contributed by atoms with Gasteiger partial charge in [0.15, 0.2) is 11.5 Å². The van der Waals surface area contributed by atoms with E-state index in [0.717, 1.165) is 35.8 Å². The van der Waals surface area contributed by atoms with E-state index in [1.54, 1.807) is 14.2 Å². The summed E-state index contributed by atoms with van der Waals surface area (Å²) in [6.45, 7) is 0.947. The van der Waals surface area contributed by atoms with E-state index in [-0.39, 0.29) is 0 Å². The van der Waals surface area contributed by atoms with Crippen LogP contribution in [-0.4, -0.2) is 38.8 Å². The summed E-state index contributed by atoms with van der Waals surface area (Å²) in [6, 6.07) is 4.45. The molecule has 0 aliphatic carbocycles. The van der Waals surface area contributed by atoms with Crippen molar-refractivity contribution in [3.63, 3.8) is 0 Å². The molecule has 0 saturated heterocycles. The Kier molecular flexibility index (Phi) is 4.47. The molecule has 5 heteroatoms. The van der Waals surface area contributed by atoms with Crippen molar-refractivity contribution in [3.05, 3.63) is 12.1 Å². The molecule has 1 heterocycles. The van der Waals surface area contributed by atoms with Crippen LogP contribution in [0.1, 0.15) is 6.42 Å². The molecule has 100 valence electrons. The minimum atomic E-state index is 0.475. The van der Waals surface area contributed by atoms with Gasteiger partial charge in [-0.2, -0.15) is 11.8 Å². The SMILES string of the molecule is COc1cc2c(cc1OC)NC(CCSC)CN2. The third kappa shape index (κ3) is 2.77. The summed E-state index contributed by atoms with van der Waals surface area (Å²) in [4.78, 5) is 0. The van der Waals surface area contributed by atoms with Gasteiger partial charge in [0.25, 0.3) is 0 Å². The lowest BCUT2D eigenvalue weighted by Gasteiger charge is -2.29. The number of thioether (sulfide) groups is 1. The number of fused-ring (bicyclic) bond motifs is 1. The van der Waals surface area contributed by atoms with Crippen molar-refractivity contribution in [2.24, 2.45) is 0 Å². The fraction of sp³-hybridized carbons (Fsp3) is 0.538. The standard InChI is InChI=1S/C13H20N2O2S/c1-16-12-6-10-11(7-13(12)17-2)15-9(8-14-10)4-5-18-3/h6-7,9,14-15H,4-5,8H2,1-3H3. The van der Waals surface area contributed by atoms with Crippen LogP contribution < -0.4 is 20.1 Å². The molecule has 0 amide bonds. The summed E-state index contributed by atoms with van der Waals surface area (Å²) < 4.78 is 10.6. The van der Waals surface area contributed by atoms with Gasteiger partial charge in [-0.25, -0.2) is 0 Å². The monoisotopic (exact) mass is 268 g/mol. The zero-order valence-corrected chi connectivity index (χ0v) is 11.9. The highest BCUT2D eigenvalue weighted by molar-refractivity contribution is 7.98. The molecule has 2 N–H and O–H groups in total. The molecule has 0 aromatic heterocycles. The van der Waals surface area contributed by atoms with E-state index >= 15 is 0 Å². The molecule has 0 saturated carbocycles. The molecule has 18 heavy (non-hydrogen) atoms. The number of hydrogen-bond donors (Lipinski definition) is 2. The van der Waals surface area contributed by atoms with Crippen LogP contribution in [0, 0.1) is 0 Å². The largest absolute Gasteiger partial charge is 0.493 e. The van der Waals surface area contributed by atoms with E-state index in [1.807, 2.05) is 23.9 Å². The number of ether oxygens (including phenoxy) is 2. The first-order chi connectivity index (χ1) is 8.78. The van der Waals surface area contributed by atoms with Gasteiger partial charge in [-0.3, -0.25) is 0 Å². The lowest BCUT2D eigenvalue weighted by molar-refractivity contribution is 0.355. The smallest absolute Gasteiger partial charge is 0.162 e. The topological polar surface area (TPSA) is 42.5 Å². The normalized spacial score (nSPS) is 17.4. The number of rotatable bonds is 5. The first-order valence-corrected chi connectivity index (χ1v) is 7.43. The number of benzene rings is 1. The molecule has 0 spiro atoms. The van der Waals surface area contributed by atoms with Gasteiger partial charge in [-0.15, -0.1) is 0 Å². The first-order valence-electron chi connectivity index (χ1n) is 6.04. The molecule has 1 aliphatic rings. The predicted molar refractivity (Wildman–Crippen MR) is 78.4 cm³/mol. The van der Waals surface area contributed by atoms with E-state index in [9.17, 15) is 0 Å². The Morgan fingerprint density at radius 2 is 1.89 bits per heavy atom. The predicted octanol–water partition coefficient (Wildman–Crippen LogP) is 2.66. The minimum Gasteiger partial charge on any atom is -0.493 e. The molecule has 4 nitrogen and oxygen atoms in total. The van der Waals surface area contributed by atoms with Crippen molar-refractivity contribution in [2.75, 3.05) is 43.4 Å². The lowest BCUT2D eigenvalue weighted by Crippen LogP contribution is -2.33. The van der Waals surface area contributed by atoms with Crippen LogP contribution in [0.5, 0.6) is 11.5 Å². The molecule has 2 rings (SSSR count). The Morgan fingerprint density at radius 1 is 1.22 bits per heavy atom. The van der Waals surface area contributed by atoms with Crippen molar-refractivity contribution in [3.8, 4) is 11.5 Å². The van der Waals surface area contributed by atoms with E-state index in [0.29, 0.717) is 6.04 Å². The minimum absolute atomic E-state index is 0.475. The van der Waals surface area contributed by atoms with E-state index in [4.69, 9.17) is 9.47 Å². The van der Waals surface area contributed by atoms with Gasteiger partial charge in [0.05, 0.1) is 25.6 Å². The molecular formula is C13H20N2O2S. The van der Waals surface area contributed by atoms with E-state index in [1.165, 1.54) is 5.75 Å². The number of anilines is 2. The second-order valence-corrected chi connectivity index (χ2v) is 5.24. The van der Waals surface area contributed by atoms with Crippen LogP contribution in [-0.2, 0) is 0 Å². The molecular weight excluding hydrogens is 248 g/mol. The highest BCUT2D eigenvalue weighted by Crippen LogP contribution is 2.38. The van der Waals surface area contributed by atoms with Gasteiger partial charge in [-0.1, -0.05) is 0 Å². The van der Waals surface area contributed by atoms with Crippen molar-refractivity contribution in [2.45, 2.75) is 12.5 Å². The molecule has 1 aromatic carbocycles. The molecule has 1 aromatic rings. The average molecular weight is 268 g/mol. The van der Waals surface area contributed by atoms with Gasteiger partial charge in [0, 0.05) is 24.7 Å². The summed E-state index contributed by atoms with van der Waals surface area (Å²) in [5, 5.41) is 6.99. The summed E-state index contributed by atoms with van der Waals surface area (Å²) in [5.74, 6) is 2.69.